The molecule has 1 aromatic rings. The van der Waals surface area contributed by atoms with E-state index in [0.717, 1.165) is 0 Å². The minimum absolute atomic E-state index is 0.0428. The van der Waals surface area contributed by atoms with Gasteiger partial charge in [0.05, 0.1) is 10.6 Å². The standard InChI is InChI=1S/C10H14N2O3S/c1-6-4-3-5-8(9(6)11)16(14,15)7(2)10(12)13/h3-5,7H,11H2,1-2H3,(H2,12,13). The van der Waals surface area contributed by atoms with Gasteiger partial charge in [0.1, 0.15) is 5.25 Å². The molecule has 1 rings (SSSR count). The van der Waals surface area contributed by atoms with Gasteiger partial charge in [-0.2, -0.15) is 0 Å². The van der Waals surface area contributed by atoms with Gasteiger partial charge >= 0.3 is 0 Å². The van der Waals surface area contributed by atoms with E-state index in [1.54, 1.807) is 19.1 Å². The van der Waals surface area contributed by atoms with Crippen LogP contribution in [0.4, 0.5) is 5.69 Å². The monoisotopic (exact) mass is 242 g/mol. The summed E-state index contributed by atoms with van der Waals surface area (Å²) in [6, 6.07) is 4.65. The highest BCUT2D eigenvalue weighted by Gasteiger charge is 2.29. The number of carbonyl (C=O) groups is 1. The number of hydrogen-bond donors (Lipinski definition) is 2. The van der Waals surface area contributed by atoms with Crippen LogP contribution < -0.4 is 11.5 Å². The lowest BCUT2D eigenvalue weighted by atomic mass is 10.2. The fourth-order valence-corrected chi connectivity index (χ4v) is 2.67. The van der Waals surface area contributed by atoms with E-state index in [9.17, 15) is 13.2 Å². The van der Waals surface area contributed by atoms with Crippen molar-refractivity contribution in [3.05, 3.63) is 23.8 Å². The molecule has 1 amide bonds. The molecule has 0 aliphatic carbocycles. The van der Waals surface area contributed by atoms with Gasteiger partial charge in [0.25, 0.3) is 0 Å². The van der Waals surface area contributed by atoms with Crippen molar-refractivity contribution in [3.8, 4) is 0 Å². The fourth-order valence-electron chi connectivity index (χ4n) is 1.25. The Balaban J connectivity index is 3.39. The molecule has 0 aliphatic heterocycles. The smallest absolute Gasteiger partial charge is 0.235 e. The summed E-state index contributed by atoms with van der Waals surface area (Å²) < 4.78 is 23.9. The van der Waals surface area contributed by atoms with Crippen LogP contribution in [-0.4, -0.2) is 19.6 Å². The number of rotatable bonds is 3. The van der Waals surface area contributed by atoms with Crippen LogP contribution in [0, 0.1) is 6.92 Å². The summed E-state index contributed by atoms with van der Waals surface area (Å²) in [7, 11) is -3.79. The highest BCUT2D eigenvalue weighted by molar-refractivity contribution is 7.93. The molecule has 1 atom stereocenters. The summed E-state index contributed by atoms with van der Waals surface area (Å²) in [4.78, 5) is 10.9. The minimum atomic E-state index is -3.79. The van der Waals surface area contributed by atoms with Crippen molar-refractivity contribution < 1.29 is 13.2 Å². The third kappa shape index (κ3) is 2.01. The lowest BCUT2D eigenvalue weighted by Crippen LogP contribution is -2.33. The molecule has 0 spiro atoms. The number of nitrogens with two attached hydrogens (primary N) is 2. The highest BCUT2D eigenvalue weighted by Crippen LogP contribution is 2.25. The number of nitrogen functional groups attached to an aromatic ring is 1. The Morgan fingerprint density at radius 3 is 2.44 bits per heavy atom. The maximum absolute atomic E-state index is 12.0. The van der Waals surface area contributed by atoms with Crippen LogP contribution in [0.1, 0.15) is 12.5 Å². The average molecular weight is 242 g/mol. The topological polar surface area (TPSA) is 103 Å². The maximum Gasteiger partial charge on any atom is 0.235 e. The van der Waals surface area contributed by atoms with Gasteiger partial charge in [-0.1, -0.05) is 12.1 Å². The predicted molar refractivity (Wildman–Crippen MR) is 61.4 cm³/mol. The van der Waals surface area contributed by atoms with Gasteiger partial charge in [0.15, 0.2) is 9.84 Å². The largest absolute Gasteiger partial charge is 0.397 e. The molecular weight excluding hydrogens is 228 g/mol. The number of benzene rings is 1. The van der Waals surface area contributed by atoms with Crippen LogP contribution in [0.5, 0.6) is 0 Å². The Labute approximate surface area is 94.4 Å². The van der Waals surface area contributed by atoms with Crippen LogP contribution in [0.15, 0.2) is 23.1 Å². The molecule has 0 saturated heterocycles. The number of sulfone groups is 1. The summed E-state index contributed by atoms with van der Waals surface area (Å²) in [6.45, 7) is 2.95. The number of carbonyl (C=O) groups excluding carboxylic acids is 1. The second-order valence-electron chi connectivity index (χ2n) is 3.58. The van der Waals surface area contributed by atoms with Crippen LogP contribution in [-0.2, 0) is 14.6 Å². The molecule has 0 saturated carbocycles. The average Bonchev–Trinajstić information content (AvgIpc) is 2.20. The van der Waals surface area contributed by atoms with E-state index in [2.05, 4.69) is 0 Å². The molecule has 1 unspecified atom stereocenters. The van der Waals surface area contributed by atoms with E-state index in [1.165, 1.54) is 13.0 Å². The second-order valence-corrected chi connectivity index (χ2v) is 5.81. The first-order valence-corrected chi connectivity index (χ1v) is 6.21. The molecular formula is C10H14N2O3S. The number of aryl methyl sites for hydroxylation is 1. The lowest BCUT2D eigenvalue weighted by Gasteiger charge is -2.12. The molecule has 0 aliphatic rings. The first-order valence-electron chi connectivity index (χ1n) is 4.66. The molecule has 0 aromatic heterocycles. The van der Waals surface area contributed by atoms with E-state index in [0.29, 0.717) is 5.56 Å². The van der Waals surface area contributed by atoms with Gasteiger partial charge < -0.3 is 11.5 Å². The Bertz CT molecular complexity index is 523. The van der Waals surface area contributed by atoms with E-state index in [1.807, 2.05) is 0 Å². The molecule has 16 heavy (non-hydrogen) atoms. The summed E-state index contributed by atoms with van der Waals surface area (Å²) in [6.07, 6.45) is 0. The zero-order chi connectivity index (χ0) is 12.5. The predicted octanol–water partition coefficient (Wildman–Crippen LogP) is 0.225. The van der Waals surface area contributed by atoms with E-state index >= 15 is 0 Å². The summed E-state index contributed by atoms with van der Waals surface area (Å²) in [5.74, 6) is -0.888. The van der Waals surface area contributed by atoms with Crippen molar-refractivity contribution >= 4 is 21.4 Å². The Morgan fingerprint density at radius 1 is 1.38 bits per heavy atom. The zero-order valence-electron chi connectivity index (χ0n) is 9.10. The van der Waals surface area contributed by atoms with Crippen LogP contribution in [0.2, 0.25) is 0 Å². The van der Waals surface area contributed by atoms with Gasteiger partial charge in [-0.05, 0) is 25.5 Å². The Morgan fingerprint density at radius 2 is 1.94 bits per heavy atom. The molecule has 88 valence electrons. The van der Waals surface area contributed by atoms with Crippen molar-refractivity contribution in [1.29, 1.82) is 0 Å². The number of primary amides is 1. The highest BCUT2D eigenvalue weighted by atomic mass is 32.2. The minimum Gasteiger partial charge on any atom is -0.397 e. The van der Waals surface area contributed by atoms with Crippen molar-refractivity contribution in [3.63, 3.8) is 0 Å². The lowest BCUT2D eigenvalue weighted by molar-refractivity contribution is -0.117. The van der Waals surface area contributed by atoms with Crippen molar-refractivity contribution in [1.82, 2.24) is 0 Å². The molecule has 0 heterocycles. The van der Waals surface area contributed by atoms with Crippen molar-refractivity contribution in [2.24, 2.45) is 5.73 Å². The van der Waals surface area contributed by atoms with Gasteiger partial charge in [-0.15, -0.1) is 0 Å². The quantitative estimate of drug-likeness (QED) is 0.740. The van der Waals surface area contributed by atoms with Crippen molar-refractivity contribution in [2.75, 3.05) is 5.73 Å². The summed E-state index contributed by atoms with van der Waals surface area (Å²) in [5.41, 5.74) is 11.5. The SMILES string of the molecule is Cc1cccc(S(=O)(=O)C(C)C(N)=O)c1N. The normalized spacial score (nSPS) is 13.4. The van der Waals surface area contributed by atoms with Crippen molar-refractivity contribution in [2.45, 2.75) is 24.0 Å². The molecule has 4 N–H and O–H groups in total. The maximum atomic E-state index is 12.0. The second kappa shape index (κ2) is 4.13. The fraction of sp³-hybridized carbons (Fsp3) is 0.300. The van der Waals surface area contributed by atoms with Gasteiger partial charge in [-0.25, -0.2) is 8.42 Å². The van der Waals surface area contributed by atoms with Gasteiger partial charge in [-0.3, -0.25) is 4.79 Å². The van der Waals surface area contributed by atoms with E-state index < -0.39 is 21.0 Å². The number of amides is 1. The molecule has 1 aromatic carbocycles. The molecule has 6 heteroatoms. The van der Waals surface area contributed by atoms with Crippen LogP contribution >= 0.6 is 0 Å². The van der Waals surface area contributed by atoms with E-state index in [4.69, 9.17) is 11.5 Å². The number of para-hydroxylation sites is 1. The van der Waals surface area contributed by atoms with E-state index in [-0.39, 0.29) is 10.6 Å². The molecule has 0 fully saturated rings. The molecule has 0 radical (unpaired) electrons. The first-order chi connectivity index (χ1) is 7.28. The zero-order valence-corrected chi connectivity index (χ0v) is 9.91. The van der Waals surface area contributed by atoms with Gasteiger partial charge in [0.2, 0.25) is 5.91 Å². The third-order valence-electron chi connectivity index (χ3n) is 2.46. The first kappa shape index (κ1) is 12.5. The van der Waals surface area contributed by atoms with Gasteiger partial charge in [0, 0.05) is 0 Å². The summed E-state index contributed by atoms with van der Waals surface area (Å²) >= 11 is 0. The summed E-state index contributed by atoms with van der Waals surface area (Å²) in [5, 5.41) is -1.28. The number of anilines is 1. The molecule has 0 bridgehead atoms. The van der Waals surface area contributed by atoms with Crippen LogP contribution in [0.3, 0.4) is 0 Å². The van der Waals surface area contributed by atoms with Crippen LogP contribution in [0.25, 0.3) is 0 Å². The Hall–Kier alpha value is -1.56. The number of hydrogen-bond acceptors (Lipinski definition) is 4. The molecule has 5 nitrogen and oxygen atoms in total. The Kier molecular flexibility index (Phi) is 3.23. The third-order valence-corrected chi connectivity index (χ3v) is 4.59.